The lowest BCUT2D eigenvalue weighted by Gasteiger charge is -2.20. The average molecular weight is 282 g/mol. The van der Waals surface area contributed by atoms with E-state index in [0.29, 0.717) is 15.9 Å². The third kappa shape index (κ3) is 2.14. The number of hydrogen-bond donors (Lipinski definition) is 0. The number of aromatic nitrogens is 2. The molecule has 2 aromatic rings. The zero-order valence-corrected chi connectivity index (χ0v) is 12.1. The predicted molar refractivity (Wildman–Crippen MR) is 77.9 cm³/mol. The third-order valence-corrected chi connectivity index (χ3v) is 3.18. The number of nitrogens with zero attached hydrogens (tertiary/aromatic N) is 3. The van der Waals surface area contributed by atoms with Gasteiger partial charge in [0, 0.05) is 25.2 Å². The molecule has 0 radical (unpaired) electrons. The van der Waals surface area contributed by atoms with Gasteiger partial charge in [0.15, 0.2) is 0 Å². The number of rotatable bonds is 2. The Kier molecular flexibility index (Phi) is 3.41. The third-order valence-electron chi connectivity index (χ3n) is 2.95. The molecule has 0 saturated heterocycles. The van der Waals surface area contributed by atoms with Gasteiger partial charge in [-0.15, -0.1) is 0 Å². The average Bonchev–Trinajstić information content (AvgIpc) is 2.27. The van der Waals surface area contributed by atoms with E-state index in [-0.39, 0.29) is 17.3 Å². The summed E-state index contributed by atoms with van der Waals surface area (Å²) in [6.45, 7) is 3.79. The van der Waals surface area contributed by atoms with Crippen LogP contribution in [0.4, 0.5) is 0 Å². The molecule has 0 atom stereocenters. The van der Waals surface area contributed by atoms with Crippen LogP contribution in [-0.2, 0) is 0 Å². The maximum Gasteiger partial charge on any atom is 0.350 e. The minimum Gasteiger partial charge on any atom is -0.312 e. The molecule has 0 fully saturated rings. The van der Waals surface area contributed by atoms with E-state index in [2.05, 4.69) is 0 Å². The van der Waals surface area contributed by atoms with E-state index in [1.807, 2.05) is 13.8 Å². The van der Waals surface area contributed by atoms with Gasteiger partial charge in [-0.3, -0.25) is 9.36 Å². The molecule has 0 spiro atoms. The highest BCUT2D eigenvalue weighted by Gasteiger charge is 2.16. The van der Waals surface area contributed by atoms with E-state index in [1.54, 1.807) is 36.9 Å². The summed E-state index contributed by atoms with van der Waals surface area (Å²) in [6.07, 6.45) is 0. The summed E-state index contributed by atoms with van der Waals surface area (Å²) in [5, 5.41) is 2.46. The molecule has 0 bridgehead atoms. The maximum atomic E-state index is 12.4. The number of fused-ring (bicyclic) bond motifs is 1. The van der Waals surface area contributed by atoms with Crippen molar-refractivity contribution in [2.45, 2.75) is 19.9 Å². The zero-order valence-electron chi connectivity index (χ0n) is 11.3. The fourth-order valence-electron chi connectivity index (χ4n) is 2.14. The van der Waals surface area contributed by atoms with Crippen molar-refractivity contribution in [2.24, 2.45) is 0 Å². The summed E-state index contributed by atoms with van der Waals surface area (Å²) in [5.74, 6) is 0. The van der Waals surface area contributed by atoms with Crippen molar-refractivity contribution in [1.82, 2.24) is 9.24 Å². The Morgan fingerprint density at radius 1 is 1.21 bits per heavy atom. The van der Waals surface area contributed by atoms with E-state index in [9.17, 15) is 9.59 Å². The molecule has 1 aromatic carbocycles. The smallest absolute Gasteiger partial charge is 0.312 e. The molecule has 0 amide bonds. The lowest BCUT2D eigenvalue weighted by Crippen LogP contribution is -2.49. The summed E-state index contributed by atoms with van der Waals surface area (Å²) in [4.78, 5) is 24.8. The van der Waals surface area contributed by atoms with Crippen LogP contribution in [0.3, 0.4) is 0 Å². The van der Waals surface area contributed by atoms with E-state index < -0.39 is 0 Å². The highest BCUT2D eigenvalue weighted by atomic mass is 35.5. The lowest BCUT2D eigenvalue weighted by molar-refractivity contribution is 0.532. The van der Waals surface area contributed by atoms with Gasteiger partial charge in [-0.25, -0.2) is 4.79 Å². The molecule has 0 aliphatic rings. The van der Waals surface area contributed by atoms with Crippen molar-refractivity contribution in [3.8, 4) is 0 Å². The number of benzene rings is 1. The molecule has 5 nitrogen and oxygen atoms in total. The molecular weight excluding hydrogens is 266 g/mol. The maximum absolute atomic E-state index is 12.4. The first-order valence-corrected chi connectivity index (χ1v) is 6.36. The standard InChI is InChI=1S/C13H16ClN3O2/c1-8(2)16-11-7-9(14)5-6-10(11)12(18)17(13(16)19)15(3)4/h5-8H,1-4H3. The Hall–Kier alpha value is -1.75. The topological polar surface area (TPSA) is 47.2 Å². The molecule has 102 valence electrons. The van der Waals surface area contributed by atoms with Crippen molar-refractivity contribution in [3.05, 3.63) is 44.1 Å². The first-order chi connectivity index (χ1) is 8.84. The number of hydrogen-bond acceptors (Lipinski definition) is 3. The Balaban J connectivity index is 3.09. The fraction of sp³-hybridized carbons (Fsp3) is 0.385. The van der Waals surface area contributed by atoms with Gasteiger partial charge < -0.3 is 5.01 Å². The number of halogens is 1. The molecule has 0 aliphatic carbocycles. The van der Waals surface area contributed by atoms with Crippen LogP contribution in [0.25, 0.3) is 10.9 Å². The molecule has 0 saturated carbocycles. The Morgan fingerprint density at radius 2 is 1.84 bits per heavy atom. The van der Waals surface area contributed by atoms with Gasteiger partial charge in [-0.1, -0.05) is 11.6 Å². The summed E-state index contributed by atoms with van der Waals surface area (Å²) >= 11 is 5.97. The fourth-order valence-corrected chi connectivity index (χ4v) is 2.31. The van der Waals surface area contributed by atoms with Crippen molar-refractivity contribution >= 4 is 22.5 Å². The van der Waals surface area contributed by atoms with Crippen LogP contribution in [0, 0.1) is 0 Å². The van der Waals surface area contributed by atoms with Crippen molar-refractivity contribution in [2.75, 3.05) is 19.1 Å². The minimum absolute atomic E-state index is 0.0692. The lowest BCUT2D eigenvalue weighted by atomic mass is 10.2. The second-order valence-corrected chi connectivity index (χ2v) is 5.31. The van der Waals surface area contributed by atoms with E-state index >= 15 is 0 Å². The molecule has 19 heavy (non-hydrogen) atoms. The van der Waals surface area contributed by atoms with Crippen LogP contribution < -0.4 is 16.3 Å². The quantitative estimate of drug-likeness (QED) is 0.840. The van der Waals surface area contributed by atoms with E-state index in [1.165, 1.54) is 5.01 Å². The first kappa shape index (κ1) is 13.7. The van der Waals surface area contributed by atoms with Crippen LogP contribution >= 0.6 is 11.6 Å². The van der Waals surface area contributed by atoms with Crippen LogP contribution in [0.15, 0.2) is 27.8 Å². The van der Waals surface area contributed by atoms with Crippen LogP contribution in [-0.4, -0.2) is 23.3 Å². The molecule has 1 heterocycles. The van der Waals surface area contributed by atoms with Gasteiger partial charge in [0.25, 0.3) is 5.56 Å². The summed E-state index contributed by atoms with van der Waals surface area (Å²) in [5.41, 5.74) is -0.131. The van der Waals surface area contributed by atoms with Crippen LogP contribution in [0.1, 0.15) is 19.9 Å². The summed E-state index contributed by atoms with van der Waals surface area (Å²) in [7, 11) is 3.32. The van der Waals surface area contributed by atoms with Gasteiger partial charge in [-0.05, 0) is 32.0 Å². The van der Waals surface area contributed by atoms with Gasteiger partial charge in [0.05, 0.1) is 10.9 Å². The molecule has 0 unspecified atom stereocenters. The highest BCUT2D eigenvalue weighted by molar-refractivity contribution is 6.31. The molecule has 1 aromatic heterocycles. The summed E-state index contributed by atoms with van der Waals surface area (Å²) < 4.78 is 2.69. The van der Waals surface area contributed by atoms with Gasteiger partial charge in [0.1, 0.15) is 0 Å². The molecule has 2 rings (SSSR count). The van der Waals surface area contributed by atoms with Crippen molar-refractivity contribution < 1.29 is 0 Å². The van der Waals surface area contributed by atoms with Crippen molar-refractivity contribution in [1.29, 1.82) is 0 Å². The Labute approximate surface area is 115 Å². The second-order valence-electron chi connectivity index (χ2n) is 4.87. The molecule has 0 aliphatic heterocycles. The monoisotopic (exact) mass is 281 g/mol. The largest absolute Gasteiger partial charge is 0.350 e. The summed E-state index contributed by atoms with van der Waals surface area (Å²) in [6, 6.07) is 4.89. The molecular formula is C13H16ClN3O2. The van der Waals surface area contributed by atoms with Gasteiger partial charge in [-0.2, -0.15) is 4.68 Å². The van der Waals surface area contributed by atoms with Gasteiger partial charge >= 0.3 is 5.69 Å². The van der Waals surface area contributed by atoms with Crippen LogP contribution in [0.2, 0.25) is 5.02 Å². The zero-order chi connectivity index (χ0) is 14.3. The SMILES string of the molecule is CC(C)n1c(=O)n(N(C)C)c(=O)c2ccc(Cl)cc21. The first-order valence-electron chi connectivity index (χ1n) is 5.99. The molecule has 0 N–H and O–H groups in total. The second kappa shape index (κ2) is 4.74. The van der Waals surface area contributed by atoms with E-state index in [4.69, 9.17) is 11.6 Å². The molecule has 6 heteroatoms. The normalized spacial score (nSPS) is 11.3. The van der Waals surface area contributed by atoms with Crippen LogP contribution in [0.5, 0.6) is 0 Å². The minimum atomic E-state index is -0.361. The highest BCUT2D eigenvalue weighted by Crippen LogP contribution is 2.18. The van der Waals surface area contributed by atoms with Gasteiger partial charge in [0.2, 0.25) is 0 Å². The Morgan fingerprint density at radius 3 is 2.37 bits per heavy atom. The van der Waals surface area contributed by atoms with E-state index in [0.717, 1.165) is 4.68 Å². The van der Waals surface area contributed by atoms with Crippen molar-refractivity contribution in [3.63, 3.8) is 0 Å². The Bertz CT molecular complexity index is 744. The predicted octanol–water partition coefficient (Wildman–Crippen LogP) is 1.60.